The molecule has 80 valence electrons. The van der Waals surface area contributed by atoms with Crippen molar-refractivity contribution in [1.82, 2.24) is 4.90 Å². The second kappa shape index (κ2) is 5.64. The highest BCUT2D eigenvalue weighted by Crippen LogP contribution is 2.28. The molecule has 1 unspecified atom stereocenters. The van der Waals surface area contributed by atoms with E-state index in [9.17, 15) is 0 Å². The van der Waals surface area contributed by atoms with Gasteiger partial charge in [0.1, 0.15) is 0 Å². The van der Waals surface area contributed by atoms with E-state index in [1.807, 2.05) is 0 Å². The van der Waals surface area contributed by atoms with Gasteiger partial charge in [0.05, 0.1) is 0 Å². The molecule has 0 rings (SSSR count). The summed E-state index contributed by atoms with van der Waals surface area (Å²) < 4.78 is 0. The zero-order valence-electron chi connectivity index (χ0n) is 10.4. The number of hydrogen-bond donors (Lipinski definition) is 0. The maximum Gasteiger partial charge on any atom is 0.00357 e. The monoisotopic (exact) mass is 185 g/mol. The lowest BCUT2D eigenvalue weighted by atomic mass is 9.82. The predicted molar refractivity (Wildman–Crippen MR) is 61.1 cm³/mol. The van der Waals surface area contributed by atoms with Crippen LogP contribution in [0.5, 0.6) is 0 Å². The Morgan fingerprint density at radius 3 is 2.08 bits per heavy atom. The highest BCUT2D eigenvalue weighted by Gasteiger charge is 2.23. The van der Waals surface area contributed by atoms with Crippen LogP contribution in [-0.4, -0.2) is 24.5 Å². The fraction of sp³-hybridized carbons (Fsp3) is 1.00. The zero-order valence-corrected chi connectivity index (χ0v) is 10.4. The minimum atomic E-state index is 0.522. The van der Waals surface area contributed by atoms with Gasteiger partial charge in [-0.1, -0.05) is 27.2 Å². The van der Waals surface area contributed by atoms with Gasteiger partial charge < -0.3 is 4.90 Å². The minimum absolute atomic E-state index is 0.522. The minimum Gasteiger partial charge on any atom is -0.303 e. The summed E-state index contributed by atoms with van der Waals surface area (Å²) in [6.07, 6.45) is 3.94. The summed E-state index contributed by atoms with van der Waals surface area (Å²) in [5.41, 5.74) is 0.522. The molecule has 0 aromatic carbocycles. The highest BCUT2D eigenvalue weighted by atomic mass is 15.1. The summed E-state index contributed by atoms with van der Waals surface area (Å²) in [6.45, 7) is 12.8. The Morgan fingerprint density at radius 1 is 1.23 bits per heavy atom. The molecule has 0 N–H and O–H groups in total. The van der Waals surface area contributed by atoms with Crippen molar-refractivity contribution in [2.24, 2.45) is 5.41 Å². The highest BCUT2D eigenvalue weighted by molar-refractivity contribution is 4.76. The van der Waals surface area contributed by atoms with Crippen molar-refractivity contribution in [3.8, 4) is 0 Å². The fourth-order valence-corrected chi connectivity index (χ4v) is 1.76. The summed E-state index contributed by atoms with van der Waals surface area (Å²) >= 11 is 0. The predicted octanol–water partition coefficient (Wildman–Crippen LogP) is 3.54. The van der Waals surface area contributed by atoms with Gasteiger partial charge in [0.15, 0.2) is 0 Å². The maximum atomic E-state index is 2.46. The summed E-state index contributed by atoms with van der Waals surface area (Å²) in [6, 6.07) is 0.669. The molecular weight excluding hydrogens is 158 g/mol. The molecule has 0 radical (unpaired) electrons. The van der Waals surface area contributed by atoms with Crippen LogP contribution < -0.4 is 0 Å². The first-order valence-electron chi connectivity index (χ1n) is 5.65. The van der Waals surface area contributed by atoms with Crippen LogP contribution in [0.3, 0.4) is 0 Å². The maximum absolute atomic E-state index is 2.46. The van der Waals surface area contributed by atoms with Crippen molar-refractivity contribution < 1.29 is 0 Å². The van der Waals surface area contributed by atoms with Crippen molar-refractivity contribution in [3.63, 3.8) is 0 Å². The van der Waals surface area contributed by atoms with Gasteiger partial charge in [-0.05, 0) is 39.2 Å². The molecule has 0 amide bonds. The van der Waals surface area contributed by atoms with Gasteiger partial charge in [-0.15, -0.1) is 0 Å². The normalized spacial score (nSPS) is 16.6. The Morgan fingerprint density at radius 2 is 1.77 bits per heavy atom. The molecule has 0 saturated carbocycles. The van der Waals surface area contributed by atoms with E-state index in [1.54, 1.807) is 0 Å². The van der Waals surface area contributed by atoms with Crippen molar-refractivity contribution in [3.05, 3.63) is 0 Å². The van der Waals surface area contributed by atoms with Crippen LogP contribution >= 0.6 is 0 Å². The lowest BCUT2D eigenvalue weighted by Crippen LogP contribution is -2.37. The van der Waals surface area contributed by atoms with Gasteiger partial charge in [-0.2, -0.15) is 0 Å². The van der Waals surface area contributed by atoms with Gasteiger partial charge in [0, 0.05) is 12.6 Å². The molecule has 1 atom stereocenters. The van der Waals surface area contributed by atoms with Crippen LogP contribution in [0.25, 0.3) is 0 Å². The molecule has 0 aromatic rings. The summed E-state index contributed by atoms with van der Waals surface area (Å²) in [5.74, 6) is 0. The largest absolute Gasteiger partial charge is 0.303 e. The van der Waals surface area contributed by atoms with Gasteiger partial charge in [0.2, 0.25) is 0 Å². The van der Waals surface area contributed by atoms with Crippen LogP contribution in [0.2, 0.25) is 0 Å². The molecule has 0 spiro atoms. The SMILES string of the molecule is CCCC(C)(CC)CN(C)C(C)C. The topological polar surface area (TPSA) is 3.24 Å². The van der Waals surface area contributed by atoms with E-state index in [4.69, 9.17) is 0 Å². The molecule has 13 heavy (non-hydrogen) atoms. The first-order chi connectivity index (χ1) is 5.95. The molecule has 0 aliphatic rings. The van der Waals surface area contributed by atoms with Crippen LogP contribution in [0.4, 0.5) is 0 Å². The quantitative estimate of drug-likeness (QED) is 0.612. The standard InChI is InChI=1S/C12H27N/c1-7-9-12(5,8-2)10-13(6)11(3)4/h11H,7-10H2,1-6H3. The van der Waals surface area contributed by atoms with E-state index in [0.717, 1.165) is 0 Å². The van der Waals surface area contributed by atoms with Crippen molar-refractivity contribution >= 4 is 0 Å². The molecule has 0 bridgehead atoms. The lowest BCUT2D eigenvalue weighted by molar-refractivity contribution is 0.147. The van der Waals surface area contributed by atoms with E-state index in [0.29, 0.717) is 11.5 Å². The Hall–Kier alpha value is -0.0400. The smallest absolute Gasteiger partial charge is 0.00357 e. The summed E-state index contributed by atoms with van der Waals surface area (Å²) in [5, 5.41) is 0. The Labute approximate surface area is 84.5 Å². The third-order valence-corrected chi connectivity index (χ3v) is 3.22. The second-order valence-corrected chi connectivity index (χ2v) is 4.92. The van der Waals surface area contributed by atoms with Gasteiger partial charge in [0.25, 0.3) is 0 Å². The van der Waals surface area contributed by atoms with E-state index in [2.05, 4.69) is 46.6 Å². The number of hydrogen-bond acceptors (Lipinski definition) is 1. The number of nitrogens with zero attached hydrogens (tertiary/aromatic N) is 1. The Balaban J connectivity index is 4.09. The molecule has 0 aromatic heterocycles. The molecule has 0 aliphatic heterocycles. The molecule has 1 nitrogen and oxygen atoms in total. The molecular formula is C12H27N. The molecule has 0 fully saturated rings. The van der Waals surface area contributed by atoms with E-state index in [-0.39, 0.29) is 0 Å². The van der Waals surface area contributed by atoms with E-state index >= 15 is 0 Å². The van der Waals surface area contributed by atoms with Crippen LogP contribution in [0.15, 0.2) is 0 Å². The van der Waals surface area contributed by atoms with Crippen LogP contribution in [0.1, 0.15) is 53.9 Å². The first kappa shape index (κ1) is 13.0. The van der Waals surface area contributed by atoms with Crippen LogP contribution in [0, 0.1) is 5.41 Å². The average molecular weight is 185 g/mol. The third-order valence-electron chi connectivity index (χ3n) is 3.22. The molecule has 0 heterocycles. The summed E-state index contributed by atoms with van der Waals surface area (Å²) in [4.78, 5) is 2.46. The Bertz CT molecular complexity index is 131. The van der Waals surface area contributed by atoms with Crippen molar-refractivity contribution in [2.75, 3.05) is 13.6 Å². The first-order valence-corrected chi connectivity index (χ1v) is 5.65. The summed E-state index contributed by atoms with van der Waals surface area (Å²) in [7, 11) is 2.23. The second-order valence-electron chi connectivity index (χ2n) is 4.92. The third kappa shape index (κ3) is 4.66. The fourth-order valence-electron chi connectivity index (χ4n) is 1.76. The van der Waals surface area contributed by atoms with Gasteiger partial charge >= 0.3 is 0 Å². The molecule has 0 saturated heterocycles. The number of rotatable bonds is 6. The van der Waals surface area contributed by atoms with Crippen molar-refractivity contribution in [1.29, 1.82) is 0 Å². The molecule has 1 heteroatoms. The van der Waals surface area contributed by atoms with Crippen molar-refractivity contribution in [2.45, 2.75) is 59.9 Å². The zero-order chi connectivity index (χ0) is 10.5. The van der Waals surface area contributed by atoms with Gasteiger partial charge in [-0.3, -0.25) is 0 Å². The Kier molecular flexibility index (Phi) is 5.62. The van der Waals surface area contributed by atoms with E-state index in [1.165, 1.54) is 25.8 Å². The van der Waals surface area contributed by atoms with Crippen LogP contribution in [-0.2, 0) is 0 Å². The van der Waals surface area contributed by atoms with Gasteiger partial charge in [-0.25, -0.2) is 0 Å². The average Bonchev–Trinajstić information content (AvgIpc) is 2.04. The lowest BCUT2D eigenvalue weighted by Gasteiger charge is -2.34. The van der Waals surface area contributed by atoms with E-state index < -0.39 is 0 Å². The molecule has 0 aliphatic carbocycles.